The number of nitrogens with zero attached hydrogens (tertiary/aromatic N) is 4. The van der Waals surface area contributed by atoms with Crippen LogP contribution in [0.5, 0.6) is 0 Å². The SMILES string of the molecule is Cc1ccc(CNC(=O)c2cccc(-n3nnc4cccnc43)c2)o1. The van der Waals surface area contributed by atoms with Crippen LogP contribution in [0.25, 0.3) is 16.9 Å². The molecule has 0 aliphatic rings. The fourth-order valence-electron chi connectivity index (χ4n) is 2.57. The summed E-state index contributed by atoms with van der Waals surface area (Å²) in [7, 11) is 0. The minimum Gasteiger partial charge on any atom is -0.465 e. The maximum absolute atomic E-state index is 12.4. The third-order valence-electron chi connectivity index (χ3n) is 3.78. The van der Waals surface area contributed by atoms with Crippen molar-refractivity contribution in [1.82, 2.24) is 25.3 Å². The van der Waals surface area contributed by atoms with Crippen LogP contribution >= 0.6 is 0 Å². The minimum absolute atomic E-state index is 0.187. The number of fused-ring (bicyclic) bond motifs is 1. The van der Waals surface area contributed by atoms with Crippen molar-refractivity contribution in [2.24, 2.45) is 0 Å². The average molecular weight is 333 g/mol. The highest BCUT2D eigenvalue weighted by atomic mass is 16.3. The molecule has 0 saturated heterocycles. The van der Waals surface area contributed by atoms with Crippen molar-refractivity contribution < 1.29 is 9.21 Å². The van der Waals surface area contributed by atoms with Crippen LogP contribution in [0.3, 0.4) is 0 Å². The number of benzene rings is 1. The number of aromatic nitrogens is 4. The monoisotopic (exact) mass is 333 g/mol. The quantitative estimate of drug-likeness (QED) is 0.620. The lowest BCUT2D eigenvalue weighted by Gasteiger charge is -2.06. The molecule has 0 aliphatic heterocycles. The maximum atomic E-state index is 12.4. The van der Waals surface area contributed by atoms with Gasteiger partial charge in [-0.15, -0.1) is 5.10 Å². The van der Waals surface area contributed by atoms with Gasteiger partial charge in [0.15, 0.2) is 5.65 Å². The molecule has 1 amide bonds. The largest absolute Gasteiger partial charge is 0.465 e. The Morgan fingerprint density at radius 1 is 1.20 bits per heavy atom. The summed E-state index contributed by atoms with van der Waals surface area (Å²) in [4.78, 5) is 16.7. The number of furan rings is 1. The Labute approximate surface area is 143 Å². The van der Waals surface area contributed by atoms with Gasteiger partial charge in [-0.3, -0.25) is 4.79 Å². The van der Waals surface area contributed by atoms with Crippen LogP contribution in [0.2, 0.25) is 0 Å². The second-order valence-corrected chi connectivity index (χ2v) is 5.59. The molecule has 0 bridgehead atoms. The van der Waals surface area contributed by atoms with E-state index in [-0.39, 0.29) is 5.91 Å². The van der Waals surface area contributed by atoms with Crippen LogP contribution < -0.4 is 5.32 Å². The highest BCUT2D eigenvalue weighted by Gasteiger charge is 2.11. The fraction of sp³-hybridized carbons (Fsp3) is 0.111. The summed E-state index contributed by atoms with van der Waals surface area (Å²) in [6, 6.07) is 14.5. The Bertz CT molecular complexity index is 1050. The van der Waals surface area contributed by atoms with Crippen molar-refractivity contribution in [1.29, 1.82) is 0 Å². The molecule has 3 heterocycles. The summed E-state index contributed by atoms with van der Waals surface area (Å²) in [6.07, 6.45) is 1.68. The molecule has 25 heavy (non-hydrogen) atoms. The smallest absolute Gasteiger partial charge is 0.251 e. The number of carbonyl (C=O) groups is 1. The lowest BCUT2D eigenvalue weighted by molar-refractivity contribution is 0.0948. The van der Waals surface area contributed by atoms with E-state index in [1.165, 1.54) is 0 Å². The van der Waals surface area contributed by atoms with Gasteiger partial charge in [0.1, 0.15) is 17.0 Å². The predicted molar refractivity (Wildman–Crippen MR) is 91.3 cm³/mol. The van der Waals surface area contributed by atoms with Gasteiger partial charge in [0.25, 0.3) is 5.91 Å². The van der Waals surface area contributed by atoms with E-state index in [4.69, 9.17) is 4.42 Å². The second kappa shape index (κ2) is 6.20. The fourth-order valence-corrected chi connectivity index (χ4v) is 2.57. The molecule has 1 N–H and O–H groups in total. The van der Waals surface area contributed by atoms with E-state index in [1.807, 2.05) is 37.3 Å². The molecule has 7 nitrogen and oxygen atoms in total. The van der Waals surface area contributed by atoms with Gasteiger partial charge in [-0.25, -0.2) is 4.98 Å². The zero-order valence-corrected chi connectivity index (χ0v) is 13.5. The molecule has 0 spiro atoms. The summed E-state index contributed by atoms with van der Waals surface area (Å²) < 4.78 is 7.07. The van der Waals surface area contributed by atoms with Crippen LogP contribution in [-0.2, 0) is 6.54 Å². The van der Waals surface area contributed by atoms with Gasteiger partial charge in [0.2, 0.25) is 0 Å². The van der Waals surface area contributed by atoms with E-state index < -0.39 is 0 Å². The summed E-state index contributed by atoms with van der Waals surface area (Å²) in [5.74, 6) is 1.35. The first-order chi connectivity index (χ1) is 12.2. The van der Waals surface area contributed by atoms with E-state index >= 15 is 0 Å². The van der Waals surface area contributed by atoms with Gasteiger partial charge in [-0.05, 0) is 49.4 Å². The molecule has 124 valence electrons. The van der Waals surface area contributed by atoms with E-state index in [1.54, 1.807) is 29.1 Å². The topological polar surface area (TPSA) is 85.8 Å². The number of aryl methyl sites for hydroxylation is 1. The lowest BCUT2D eigenvalue weighted by Crippen LogP contribution is -2.22. The van der Waals surface area contributed by atoms with E-state index in [9.17, 15) is 4.79 Å². The minimum atomic E-state index is -0.187. The molecule has 4 rings (SSSR count). The molecule has 0 saturated carbocycles. The number of hydrogen-bond acceptors (Lipinski definition) is 5. The molecular weight excluding hydrogens is 318 g/mol. The van der Waals surface area contributed by atoms with Gasteiger partial charge in [0.05, 0.1) is 12.2 Å². The molecule has 7 heteroatoms. The first kappa shape index (κ1) is 15.1. The van der Waals surface area contributed by atoms with Gasteiger partial charge < -0.3 is 9.73 Å². The summed E-state index contributed by atoms with van der Waals surface area (Å²) in [6.45, 7) is 2.20. The Morgan fingerprint density at radius 2 is 2.12 bits per heavy atom. The Morgan fingerprint density at radius 3 is 2.96 bits per heavy atom. The Kier molecular flexibility index (Phi) is 3.74. The maximum Gasteiger partial charge on any atom is 0.251 e. The Hall–Kier alpha value is -3.48. The first-order valence-electron chi connectivity index (χ1n) is 7.81. The number of pyridine rings is 1. The van der Waals surface area contributed by atoms with Gasteiger partial charge >= 0.3 is 0 Å². The van der Waals surface area contributed by atoms with E-state index in [0.29, 0.717) is 29.0 Å². The Balaban J connectivity index is 1.57. The molecule has 3 aromatic heterocycles. The molecule has 0 unspecified atom stereocenters. The number of nitrogens with one attached hydrogen (secondary N) is 1. The van der Waals surface area contributed by atoms with Gasteiger partial charge in [0, 0.05) is 11.8 Å². The molecule has 0 atom stereocenters. The number of hydrogen-bond donors (Lipinski definition) is 1. The zero-order chi connectivity index (χ0) is 17.2. The van der Waals surface area contributed by atoms with Crippen LogP contribution in [-0.4, -0.2) is 25.9 Å². The van der Waals surface area contributed by atoms with Crippen molar-refractivity contribution in [2.75, 3.05) is 0 Å². The van der Waals surface area contributed by atoms with E-state index in [0.717, 1.165) is 11.4 Å². The van der Waals surface area contributed by atoms with Crippen molar-refractivity contribution in [3.63, 3.8) is 0 Å². The second-order valence-electron chi connectivity index (χ2n) is 5.59. The van der Waals surface area contributed by atoms with Crippen molar-refractivity contribution in [3.8, 4) is 5.69 Å². The lowest BCUT2D eigenvalue weighted by atomic mass is 10.2. The highest BCUT2D eigenvalue weighted by molar-refractivity contribution is 5.94. The zero-order valence-electron chi connectivity index (χ0n) is 13.5. The number of rotatable bonds is 4. The van der Waals surface area contributed by atoms with Crippen LogP contribution in [0, 0.1) is 6.92 Å². The molecule has 0 radical (unpaired) electrons. The van der Waals surface area contributed by atoms with E-state index in [2.05, 4.69) is 20.6 Å². The highest BCUT2D eigenvalue weighted by Crippen LogP contribution is 2.15. The summed E-state index contributed by atoms with van der Waals surface area (Å²) in [5, 5.41) is 11.0. The summed E-state index contributed by atoms with van der Waals surface area (Å²) >= 11 is 0. The van der Waals surface area contributed by atoms with Crippen LogP contribution in [0.4, 0.5) is 0 Å². The molecular formula is C18H15N5O2. The van der Waals surface area contributed by atoms with Crippen LogP contribution in [0.1, 0.15) is 21.9 Å². The molecule has 0 fully saturated rings. The first-order valence-corrected chi connectivity index (χ1v) is 7.81. The number of amides is 1. The number of carbonyl (C=O) groups excluding carboxylic acids is 1. The van der Waals surface area contributed by atoms with Crippen LogP contribution in [0.15, 0.2) is 59.1 Å². The van der Waals surface area contributed by atoms with Crippen molar-refractivity contribution in [2.45, 2.75) is 13.5 Å². The standard InChI is InChI=1S/C18H15N5O2/c1-12-7-8-15(25-12)11-20-18(24)13-4-2-5-14(10-13)23-17-16(21-22-23)6-3-9-19-17/h2-10H,11H2,1H3,(H,20,24). The van der Waals surface area contributed by atoms with Crippen molar-refractivity contribution >= 4 is 17.1 Å². The summed E-state index contributed by atoms with van der Waals surface area (Å²) in [5.41, 5.74) is 2.60. The van der Waals surface area contributed by atoms with Crippen molar-refractivity contribution in [3.05, 3.63) is 71.8 Å². The predicted octanol–water partition coefficient (Wildman–Crippen LogP) is 2.65. The van der Waals surface area contributed by atoms with Gasteiger partial charge in [-0.1, -0.05) is 11.3 Å². The third kappa shape index (κ3) is 2.99. The normalized spacial score (nSPS) is 10.9. The third-order valence-corrected chi connectivity index (χ3v) is 3.78. The molecule has 4 aromatic rings. The molecule has 0 aliphatic carbocycles. The van der Waals surface area contributed by atoms with Gasteiger partial charge in [-0.2, -0.15) is 4.68 Å². The molecule has 1 aromatic carbocycles. The average Bonchev–Trinajstić information content (AvgIpc) is 3.26.